The van der Waals surface area contributed by atoms with Gasteiger partial charge in [0.05, 0.1) is 28.5 Å². The lowest BCUT2D eigenvalue weighted by Crippen LogP contribution is -2.42. The van der Waals surface area contributed by atoms with Crippen molar-refractivity contribution in [2.75, 3.05) is 17.1 Å². The number of hydrogen-bond donors (Lipinski definition) is 1. The SMILES string of the molecule is Cc1c(N(CC(=O)NC2CCCc3ccccc32)S(C)(=O)=O)cccc1[N+](=O)[O-]. The predicted octanol–water partition coefficient (Wildman–Crippen LogP) is 2.86. The van der Waals surface area contributed by atoms with Crippen molar-refractivity contribution in [3.05, 3.63) is 69.3 Å². The van der Waals surface area contributed by atoms with Crippen molar-refractivity contribution < 1.29 is 18.1 Å². The predicted molar refractivity (Wildman–Crippen MR) is 110 cm³/mol. The van der Waals surface area contributed by atoms with Crippen LogP contribution in [-0.2, 0) is 21.2 Å². The smallest absolute Gasteiger partial charge is 0.274 e. The number of rotatable bonds is 6. The van der Waals surface area contributed by atoms with Crippen LogP contribution in [0, 0.1) is 17.0 Å². The Hall–Kier alpha value is -2.94. The Morgan fingerprint density at radius 2 is 1.97 bits per heavy atom. The average Bonchev–Trinajstić information content (AvgIpc) is 2.66. The van der Waals surface area contributed by atoms with E-state index in [-0.39, 0.29) is 23.0 Å². The number of amides is 1. The standard InChI is InChI=1S/C20H23N3O5S/c1-14-18(11-6-12-19(14)23(25)26)22(29(2,27)28)13-20(24)21-17-10-5-8-15-7-3-4-9-16(15)17/h3-4,6-7,9,11-12,17H,5,8,10,13H2,1-2H3,(H,21,24). The van der Waals surface area contributed by atoms with E-state index in [9.17, 15) is 23.3 Å². The van der Waals surface area contributed by atoms with Gasteiger partial charge in [-0.25, -0.2) is 8.42 Å². The normalized spacial score (nSPS) is 16.0. The van der Waals surface area contributed by atoms with Crippen LogP contribution in [0.3, 0.4) is 0 Å². The first-order valence-corrected chi connectivity index (χ1v) is 11.1. The number of nitro groups is 1. The van der Waals surface area contributed by atoms with Crippen LogP contribution in [0.4, 0.5) is 11.4 Å². The molecule has 0 fully saturated rings. The van der Waals surface area contributed by atoms with Gasteiger partial charge in [-0.15, -0.1) is 0 Å². The van der Waals surface area contributed by atoms with Crippen molar-refractivity contribution in [1.29, 1.82) is 0 Å². The Morgan fingerprint density at radius 3 is 2.66 bits per heavy atom. The molecule has 3 rings (SSSR count). The number of aryl methyl sites for hydroxylation is 1. The zero-order valence-corrected chi connectivity index (χ0v) is 17.1. The Balaban J connectivity index is 1.85. The molecule has 8 nitrogen and oxygen atoms in total. The lowest BCUT2D eigenvalue weighted by molar-refractivity contribution is -0.385. The maximum absolute atomic E-state index is 12.7. The molecule has 1 N–H and O–H groups in total. The van der Waals surface area contributed by atoms with Crippen molar-refractivity contribution in [1.82, 2.24) is 5.32 Å². The fourth-order valence-corrected chi connectivity index (χ4v) is 4.64. The zero-order valence-electron chi connectivity index (χ0n) is 16.3. The highest BCUT2D eigenvalue weighted by Gasteiger charge is 2.28. The second kappa shape index (κ2) is 8.20. The van der Waals surface area contributed by atoms with Crippen LogP contribution >= 0.6 is 0 Å². The number of nitrogens with one attached hydrogen (secondary N) is 1. The van der Waals surface area contributed by atoms with E-state index in [0.29, 0.717) is 0 Å². The minimum absolute atomic E-state index is 0.126. The summed E-state index contributed by atoms with van der Waals surface area (Å²) in [7, 11) is -3.83. The van der Waals surface area contributed by atoms with Crippen molar-refractivity contribution in [3.8, 4) is 0 Å². The van der Waals surface area contributed by atoms with Crippen LogP contribution in [0.2, 0.25) is 0 Å². The maximum atomic E-state index is 12.7. The fourth-order valence-electron chi connectivity index (χ4n) is 3.73. The molecule has 2 aromatic rings. The molecular weight excluding hydrogens is 394 g/mol. The van der Waals surface area contributed by atoms with Crippen molar-refractivity contribution in [2.45, 2.75) is 32.2 Å². The maximum Gasteiger partial charge on any atom is 0.274 e. The monoisotopic (exact) mass is 417 g/mol. The molecule has 1 aliphatic carbocycles. The summed E-state index contributed by atoms with van der Waals surface area (Å²) in [4.78, 5) is 23.4. The topological polar surface area (TPSA) is 110 Å². The summed E-state index contributed by atoms with van der Waals surface area (Å²) in [6, 6.07) is 11.9. The summed E-state index contributed by atoms with van der Waals surface area (Å²) in [5, 5.41) is 14.1. The van der Waals surface area contributed by atoms with E-state index in [1.54, 1.807) is 0 Å². The molecule has 1 atom stereocenters. The third-order valence-electron chi connectivity index (χ3n) is 5.13. The molecule has 154 valence electrons. The molecule has 0 spiro atoms. The molecule has 1 aliphatic rings. The van der Waals surface area contributed by atoms with Gasteiger partial charge in [-0.2, -0.15) is 0 Å². The summed E-state index contributed by atoms with van der Waals surface area (Å²) in [5.41, 5.74) is 2.35. The first-order chi connectivity index (χ1) is 13.7. The minimum Gasteiger partial charge on any atom is -0.348 e. The van der Waals surface area contributed by atoms with Gasteiger partial charge < -0.3 is 5.32 Å². The lowest BCUT2D eigenvalue weighted by Gasteiger charge is -2.28. The molecule has 29 heavy (non-hydrogen) atoms. The first kappa shape index (κ1) is 20.8. The summed E-state index contributed by atoms with van der Waals surface area (Å²) >= 11 is 0. The number of fused-ring (bicyclic) bond motifs is 1. The number of nitrogens with zero attached hydrogens (tertiary/aromatic N) is 2. The molecule has 0 saturated carbocycles. The number of carbonyl (C=O) groups excluding carboxylic acids is 1. The first-order valence-electron chi connectivity index (χ1n) is 9.27. The van der Waals surface area contributed by atoms with Gasteiger partial charge in [-0.05, 0) is 43.4 Å². The fraction of sp³-hybridized carbons (Fsp3) is 0.350. The van der Waals surface area contributed by atoms with Crippen LogP contribution in [0.5, 0.6) is 0 Å². The van der Waals surface area contributed by atoms with Crippen LogP contribution in [0.25, 0.3) is 0 Å². The Labute approximate surface area is 169 Å². The van der Waals surface area contributed by atoms with E-state index >= 15 is 0 Å². The van der Waals surface area contributed by atoms with Crippen molar-refractivity contribution in [3.63, 3.8) is 0 Å². The number of nitro benzene ring substituents is 1. The molecule has 0 saturated heterocycles. The van der Waals surface area contributed by atoms with Gasteiger partial charge in [0.1, 0.15) is 6.54 Å². The van der Waals surface area contributed by atoms with E-state index in [1.807, 2.05) is 24.3 Å². The quantitative estimate of drug-likeness (QED) is 0.574. The molecule has 1 unspecified atom stereocenters. The van der Waals surface area contributed by atoms with Crippen molar-refractivity contribution in [2.24, 2.45) is 0 Å². The second-order valence-corrected chi connectivity index (χ2v) is 9.07. The third-order valence-corrected chi connectivity index (χ3v) is 6.26. The highest BCUT2D eigenvalue weighted by Crippen LogP contribution is 2.31. The van der Waals surface area contributed by atoms with E-state index in [0.717, 1.165) is 35.4 Å². The molecule has 2 aromatic carbocycles. The second-order valence-electron chi connectivity index (χ2n) is 7.16. The van der Waals surface area contributed by atoms with Gasteiger partial charge in [0.25, 0.3) is 5.69 Å². The van der Waals surface area contributed by atoms with Gasteiger partial charge in [0.2, 0.25) is 15.9 Å². The number of hydrogen-bond acceptors (Lipinski definition) is 5. The van der Waals surface area contributed by atoms with Gasteiger partial charge in [-0.3, -0.25) is 19.2 Å². The average molecular weight is 417 g/mol. The van der Waals surface area contributed by atoms with E-state index < -0.39 is 27.4 Å². The van der Waals surface area contributed by atoms with Gasteiger partial charge in [0.15, 0.2) is 0 Å². The molecule has 0 aromatic heterocycles. The summed E-state index contributed by atoms with van der Waals surface area (Å²) in [6.07, 6.45) is 3.64. The summed E-state index contributed by atoms with van der Waals surface area (Å²) < 4.78 is 25.7. The number of benzene rings is 2. The Bertz CT molecular complexity index is 1050. The minimum atomic E-state index is -3.83. The number of anilines is 1. The van der Waals surface area contributed by atoms with Gasteiger partial charge in [0, 0.05) is 6.07 Å². The number of sulfonamides is 1. The zero-order chi connectivity index (χ0) is 21.2. The highest BCUT2D eigenvalue weighted by atomic mass is 32.2. The van der Waals surface area contributed by atoms with E-state index in [1.165, 1.54) is 30.7 Å². The molecule has 0 heterocycles. The molecule has 0 aliphatic heterocycles. The molecule has 1 amide bonds. The Kier molecular flexibility index (Phi) is 5.88. The van der Waals surface area contributed by atoms with Crippen LogP contribution in [0.15, 0.2) is 42.5 Å². The highest BCUT2D eigenvalue weighted by molar-refractivity contribution is 7.92. The van der Waals surface area contributed by atoms with Crippen molar-refractivity contribution >= 4 is 27.3 Å². The van der Waals surface area contributed by atoms with E-state index in [2.05, 4.69) is 5.32 Å². The number of carbonyl (C=O) groups is 1. The summed E-state index contributed by atoms with van der Waals surface area (Å²) in [5.74, 6) is -0.456. The van der Waals surface area contributed by atoms with Gasteiger partial charge in [-0.1, -0.05) is 30.3 Å². The Morgan fingerprint density at radius 1 is 1.24 bits per heavy atom. The largest absolute Gasteiger partial charge is 0.348 e. The van der Waals surface area contributed by atoms with Crippen LogP contribution in [-0.4, -0.2) is 32.0 Å². The van der Waals surface area contributed by atoms with E-state index in [4.69, 9.17) is 0 Å². The molecule has 0 bridgehead atoms. The van der Waals surface area contributed by atoms with Gasteiger partial charge >= 0.3 is 0 Å². The molecule has 0 radical (unpaired) electrons. The van der Waals surface area contributed by atoms with Crippen LogP contribution in [0.1, 0.15) is 35.6 Å². The summed E-state index contributed by atoms with van der Waals surface area (Å²) in [6.45, 7) is 1.03. The molecular formula is C20H23N3O5S. The lowest BCUT2D eigenvalue weighted by atomic mass is 9.88. The van der Waals surface area contributed by atoms with Crippen LogP contribution < -0.4 is 9.62 Å². The third kappa shape index (κ3) is 4.56. The molecule has 9 heteroatoms.